The number of hydrogen-bond donors (Lipinski definition) is 2. The third-order valence-electron chi connectivity index (χ3n) is 2.41. The number of nitrogens with two attached hydrogens (primary N) is 1. The zero-order chi connectivity index (χ0) is 13.0. The van der Waals surface area contributed by atoms with Gasteiger partial charge in [0, 0.05) is 17.2 Å². The minimum Gasteiger partial charge on any atom is -0.388 e. The number of rotatable bonds is 4. The number of benzene rings is 1. The van der Waals surface area contributed by atoms with Gasteiger partial charge in [-0.25, -0.2) is 0 Å². The molecule has 0 unspecified atom stereocenters. The van der Waals surface area contributed by atoms with Crippen molar-refractivity contribution in [1.29, 1.82) is 0 Å². The molecule has 92 valence electrons. The lowest BCUT2D eigenvalue weighted by molar-refractivity contribution is 1.13. The minimum absolute atomic E-state index is 0.298. The van der Waals surface area contributed by atoms with Crippen molar-refractivity contribution in [2.45, 2.75) is 6.54 Å². The second-order valence-electron chi connectivity index (χ2n) is 3.75. The maximum Gasteiger partial charge on any atom is 0.124 e. The molecule has 0 bridgehead atoms. The third-order valence-corrected chi connectivity index (χ3v) is 3.10. The molecule has 0 aliphatic rings. The average molecular weight is 322 g/mol. The van der Waals surface area contributed by atoms with Crippen LogP contribution in [-0.4, -0.2) is 9.97 Å². The van der Waals surface area contributed by atoms with Gasteiger partial charge in [0.15, 0.2) is 0 Å². The fraction of sp³-hybridized carbons (Fsp3) is 0.0769. The van der Waals surface area contributed by atoms with Crippen molar-refractivity contribution in [3.8, 4) is 0 Å². The van der Waals surface area contributed by atoms with Crippen molar-refractivity contribution in [3.63, 3.8) is 0 Å². The molecule has 0 spiro atoms. The maximum absolute atomic E-state index is 5.63. The highest BCUT2D eigenvalue weighted by Gasteiger charge is 2.05. The van der Waals surface area contributed by atoms with E-state index in [0.717, 1.165) is 10.2 Å². The molecule has 3 nitrogen and oxygen atoms in total. The first-order chi connectivity index (χ1) is 8.66. The first-order valence-corrected chi connectivity index (χ1v) is 6.60. The number of thiocarbonyl (C=S) groups is 1. The van der Waals surface area contributed by atoms with Crippen molar-refractivity contribution in [3.05, 3.63) is 58.3 Å². The summed E-state index contributed by atoms with van der Waals surface area (Å²) in [7, 11) is 0. The van der Waals surface area contributed by atoms with Crippen LogP contribution in [-0.2, 0) is 6.54 Å². The maximum atomic E-state index is 5.63. The number of hydrogen-bond acceptors (Lipinski definition) is 3. The minimum atomic E-state index is 0.298. The second kappa shape index (κ2) is 5.93. The van der Waals surface area contributed by atoms with Gasteiger partial charge in [-0.1, -0.05) is 40.3 Å². The summed E-state index contributed by atoms with van der Waals surface area (Å²) in [6.07, 6.45) is 1.68. The Bertz CT molecular complexity index is 572. The summed E-state index contributed by atoms with van der Waals surface area (Å²) < 4.78 is 1.06. The zero-order valence-corrected chi connectivity index (χ0v) is 12.0. The molecule has 1 aromatic carbocycles. The Kier molecular flexibility index (Phi) is 4.28. The standard InChI is InChI=1S/C13H12BrN3S/c14-10-4-1-3-9(7-10)8-17-11-5-2-6-16-12(11)13(15)18/h1-7,17H,8H2,(H2,15,18). The molecule has 0 aliphatic heterocycles. The van der Waals surface area contributed by atoms with E-state index in [2.05, 4.69) is 38.4 Å². The molecule has 18 heavy (non-hydrogen) atoms. The lowest BCUT2D eigenvalue weighted by Gasteiger charge is -2.10. The van der Waals surface area contributed by atoms with Crippen LogP contribution >= 0.6 is 28.1 Å². The molecule has 1 aromatic heterocycles. The molecular weight excluding hydrogens is 310 g/mol. The third kappa shape index (κ3) is 3.27. The topological polar surface area (TPSA) is 50.9 Å². The average Bonchev–Trinajstić information content (AvgIpc) is 2.37. The van der Waals surface area contributed by atoms with Gasteiger partial charge in [-0.3, -0.25) is 4.98 Å². The number of nitrogens with zero attached hydrogens (tertiary/aromatic N) is 1. The summed E-state index contributed by atoms with van der Waals surface area (Å²) in [4.78, 5) is 4.47. The molecule has 0 fully saturated rings. The molecule has 3 N–H and O–H groups in total. The Morgan fingerprint density at radius 1 is 1.33 bits per heavy atom. The van der Waals surface area contributed by atoms with Crippen LogP contribution in [0.1, 0.15) is 11.3 Å². The normalized spacial score (nSPS) is 10.1. The summed E-state index contributed by atoms with van der Waals surface area (Å²) in [6.45, 7) is 0.695. The predicted molar refractivity (Wildman–Crippen MR) is 81.6 cm³/mol. The van der Waals surface area contributed by atoms with E-state index in [-0.39, 0.29) is 0 Å². The van der Waals surface area contributed by atoms with Crippen LogP contribution in [0.5, 0.6) is 0 Å². The Hall–Kier alpha value is -1.46. The van der Waals surface area contributed by atoms with Gasteiger partial charge in [0.2, 0.25) is 0 Å². The highest BCUT2D eigenvalue weighted by molar-refractivity contribution is 9.10. The summed E-state index contributed by atoms with van der Waals surface area (Å²) in [5.74, 6) is 0. The van der Waals surface area contributed by atoms with E-state index in [1.807, 2.05) is 24.3 Å². The van der Waals surface area contributed by atoms with Crippen molar-refractivity contribution < 1.29 is 0 Å². The summed E-state index contributed by atoms with van der Waals surface area (Å²) in [5.41, 5.74) is 8.28. The summed E-state index contributed by atoms with van der Waals surface area (Å²) in [5, 5.41) is 3.29. The van der Waals surface area contributed by atoms with Gasteiger partial charge in [-0.15, -0.1) is 0 Å². The highest BCUT2D eigenvalue weighted by Crippen LogP contribution is 2.16. The van der Waals surface area contributed by atoms with E-state index in [1.54, 1.807) is 6.20 Å². The van der Waals surface area contributed by atoms with Gasteiger partial charge in [-0.2, -0.15) is 0 Å². The molecule has 0 saturated heterocycles. The van der Waals surface area contributed by atoms with E-state index in [4.69, 9.17) is 18.0 Å². The van der Waals surface area contributed by atoms with Gasteiger partial charge in [0.25, 0.3) is 0 Å². The number of nitrogens with one attached hydrogen (secondary N) is 1. The SMILES string of the molecule is NC(=S)c1ncccc1NCc1cccc(Br)c1. The first kappa shape index (κ1) is 13.0. The molecule has 0 saturated carbocycles. The Morgan fingerprint density at radius 3 is 2.89 bits per heavy atom. The molecule has 5 heteroatoms. The summed E-state index contributed by atoms with van der Waals surface area (Å²) in [6, 6.07) is 11.9. The molecule has 2 rings (SSSR count). The summed E-state index contributed by atoms with van der Waals surface area (Å²) >= 11 is 8.41. The number of halogens is 1. The van der Waals surface area contributed by atoms with Gasteiger partial charge in [0.1, 0.15) is 10.7 Å². The fourth-order valence-corrected chi connectivity index (χ4v) is 2.20. The molecule has 0 atom stereocenters. The molecule has 0 aliphatic carbocycles. The lowest BCUT2D eigenvalue weighted by atomic mass is 10.2. The molecule has 0 radical (unpaired) electrons. The van der Waals surface area contributed by atoms with E-state index in [0.29, 0.717) is 17.2 Å². The Balaban J connectivity index is 2.13. The van der Waals surface area contributed by atoms with Crippen LogP contribution in [0, 0.1) is 0 Å². The van der Waals surface area contributed by atoms with Crippen molar-refractivity contribution in [2.24, 2.45) is 5.73 Å². The van der Waals surface area contributed by atoms with E-state index in [9.17, 15) is 0 Å². The Labute approximate surface area is 120 Å². The number of aromatic nitrogens is 1. The zero-order valence-electron chi connectivity index (χ0n) is 9.56. The predicted octanol–water partition coefficient (Wildman–Crippen LogP) is 3.09. The van der Waals surface area contributed by atoms with Gasteiger partial charge in [-0.05, 0) is 29.8 Å². The van der Waals surface area contributed by atoms with E-state index >= 15 is 0 Å². The van der Waals surface area contributed by atoms with Crippen molar-refractivity contribution in [2.75, 3.05) is 5.32 Å². The molecule has 0 amide bonds. The van der Waals surface area contributed by atoms with E-state index in [1.165, 1.54) is 5.56 Å². The van der Waals surface area contributed by atoms with Crippen molar-refractivity contribution >= 4 is 38.8 Å². The fourth-order valence-electron chi connectivity index (χ4n) is 1.59. The van der Waals surface area contributed by atoms with E-state index < -0.39 is 0 Å². The van der Waals surface area contributed by atoms with Gasteiger partial charge in [0.05, 0.1) is 5.69 Å². The van der Waals surface area contributed by atoms with Crippen LogP contribution in [0.25, 0.3) is 0 Å². The van der Waals surface area contributed by atoms with Gasteiger partial charge >= 0.3 is 0 Å². The second-order valence-corrected chi connectivity index (χ2v) is 5.10. The monoisotopic (exact) mass is 321 g/mol. The quantitative estimate of drug-likeness (QED) is 0.850. The van der Waals surface area contributed by atoms with Crippen LogP contribution in [0.15, 0.2) is 47.1 Å². The first-order valence-electron chi connectivity index (χ1n) is 5.40. The number of anilines is 1. The van der Waals surface area contributed by atoms with Crippen LogP contribution in [0.4, 0.5) is 5.69 Å². The smallest absolute Gasteiger partial charge is 0.124 e. The van der Waals surface area contributed by atoms with Crippen molar-refractivity contribution in [1.82, 2.24) is 4.98 Å². The molecule has 2 aromatic rings. The Morgan fingerprint density at radius 2 is 2.17 bits per heavy atom. The van der Waals surface area contributed by atoms with Crippen LogP contribution in [0.3, 0.4) is 0 Å². The van der Waals surface area contributed by atoms with Crippen LogP contribution < -0.4 is 11.1 Å². The van der Waals surface area contributed by atoms with Gasteiger partial charge < -0.3 is 11.1 Å². The van der Waals surface area contributed by atoms with Crippen LogP contribution in [0.2, 0.25) is 0 Å². The molecule has 1 heterocycles. The lowest BCUT2D eigenvalue weighted by Crippen LogP contribution is -2.15. The largest absolute Gasteiger partial charge is 0.388 e. The number of pyridine rings is 1. The molecular formula is C13H12BrN3S. The highest BCUT2D eigenvalue weighted by atomic mass is 79.9.